The van der Waals surface area contributed by atoms with Gasteiger partial charge in [0.05, 0.1) is 11.4 Å². The molecule has 0 atom stereocenters. The van der Waals surface area contributed by atoms with Gasteiger partial charge in [0, 0.05) is 6.20 Å². The van der Waals surface area contributed by atoms with E-state index in [4.69, 9.17) is 9.47 Å². The summed E-state index contributed by atoms with van der Waals surface area (Å²) in [4.78, 5) is 13.4. The Bertz CT molecular complexity index is 755. The Balaban J connectivity index is 1.84. The molecule has 0 saturated heterocycles. The predicted octanol–water partition coefficient (Wildman–Crippen LogP) is 3.02. The van der Waals surface area contributed by atoms with E-state index >= 15 is 0 Å². The second-order valence-corrected chi connectivity index (χ2v) is 4.72. The molecule has 0 aliphatic carbocycles. The van der Waals surface area contributed by atoms with Crippen molar-refractivity contribution < 1.29 is 14.3 Å². The van der Waals surface area contributed by atoms with Gasteiger partial charge < -0.3 is 19.7 Å². The largest absolute Gasteiger partial charge is 0.461 e. The highest BCUT2D eigenvalue weighted by atomic mass is 16.5. The van der Waals surface area contributed by atoms with E-state index in [1.54, 1.807) is 12.3 Å². The van der Waals surface area contributed by atoms with Crippen molar-refractivity contribution in [3.05, 3.63) is 54.9 Å². The van der Waals surface area contributed by atoms with Crippen LogP contribution in [0.15, 0.2) is 54.9 Å². The number of nitrogens with one attached hydrogen (secondary N) is 1. The molecular formula is C16H12N2O3. The third-order valence-electron chi connectivity index (χ3n) is 3.43. The van der Waals surface area contributed by atoms with Crippen LogP contribution >= 0.6 is 0 Å². The summed E-state index contributed by atoms with van der Waals surface area (Å²) in [5, 5.41) is 3.12. The lowest BCUT2D eigenvalue weighted by atomic mass is 10.1. The van der Waals surface area contributed by atoms with Gasteiger partial charge in [0.2, 0.25) is 0 Å². The molecule has 5 nitrogen and oxygen atoms in total. The number of benzene rings is 2. The zero-order chi connectivity index (χ0) is 14.2. The number of anilines is 3. The number of hydrogen-bond acceptors (Lipinski definition) is 5. The van der Waals surface area contributed by atoms with Gasteiger partial charge in [0.15, 0.2) is 11.5 Å². The molecular weight excluding hydrogens is 268 g/mol. The van der Waals surface area contributed by atoms with E-state index in [1.165, 1.54) is 0 Å². The molecule has 0 fully saturated rings. The molecule has 2 aromatic carbocycles. The Kier molecular flexibility index (Phi) is 2.57. The number of carbonyl (C=O) groups is 1. The minimum absolute atomic E-state index is 0.166. The van der Waals surface area contributed by atoms with Crippen molar-refractivity contribution in [1.82, 2.24) is 0 Å². The molecule has 0 amide bonds. The fourth-order valence-electron chi connectivity index (χ4n) is 2.51. The first kappa shape index (κ1) is 11.8. The highest BCUT2D eigenvalue weighted by molar-refractivity contribution is 5.91. The number of nitrogens with zero attached hydrogens (tertiary/aromatic N) is 1. The quantitative estimate of drug-likeness (QED) is 0.643. The third-order valence-corrected chi connectivity index (χ3v) is 3.43. The lowest BCUT2D eigenvalue weighted by Crippen LogP contribution is -2.26. The summed E-state index contributed by atoms with van der Waals surface area (Å²) in [6, 6.07) is 13.4. The second kappa shape index (κ2) is 4.56. The van der Waals surface area contributed by atoms with Crippen LogP contribution in [0.1, 0.15) is 0 Å². The molecule has 0 aromatic heterocycles. The monoisotopic (exact) mass is 280 g/mol. The van der Waals surface area contributed by atoms with Gasteiger partial charge in [-0.1, -0.05) is 18.2 Å². The van der Waals surface area contributed by atoms with Crippen LogP contribution in [0.5, 0.6) is 11.5 Å². The summed E-state index contributed by atoms with van der Waals surface area (Å²) < 4.78 is 10.8. The summed E-state index contributed by atoms with van der Waals surface area (Å²) in [6.07, 6.45) is 3.48. The smallest absolute Gasteiger partial charge is 0.330 e. The number of carbonyl (C=O) groups excluding carboxylic acids is 1. The topological polar surface area (TPSA) is 50.8 Å². The summed E-state index contributed by atoms with van der Waals surface area (Å²) in [5.41, 5.74) is 2.65. The summed E-state index contributed by atoms with van der Waals surface area (Å²) in [6.45, 7) is 0.166. The summed E-state index contributed by atoms with van der Waals surface area (Å²) in [5.74, 6) is 1.05. The van der Waals surface area contributed by atoms with Crippen LogP contribution < -0.4 is 19.7 Å². The van der Waals surface area contributed by atoms with Crippen LogP contribution in [-0.4, -0.2) is 12.5 Å². The normalized spacial score (nSPS) is 15.4. The van der Waals surface area contributed by atoms with Gasteiger partial charge in [0.25, 0.3) is 0 Å². The van der Waals surface area contributed by atoms with E-state index in [2.05, 4.69) is 5.32 Å². The van der Waals surface area contributed by atoms with Crippen molar-refractivity contribution in [3.8, 4) is 11.5 Å². The van der Waals surface area contributed by atoms with E-state index in [9.17, 15) is 4.79 Å². The molecule has 2 aromatic rings. The molecule has 5 heteroatoms. The standard InChI is InChI=1S/C16H12N2O3/c19-15-10-17-16-12(5-3-7-14(16)21-15)18-8-9-20-13-6-2-1-4-11(13)18/h1-9,17H,10H2. The van der Waals surface area contributed by atoms with E-state index in [0.717, 1.165) is 22.8 Å². The van der Waals surface area contributed by atoms with Crippen LogP contribution in [0.2, 0.25) is 0 Å². The van der Waals surface area contributed by atoms with Crippen molar-refractivity contribution in [2.24, 2.45) is 0 Å². The first-order chi connectivity index (χ1) is 10.3. The summed E-state index contributed by atoms with van der Waals surface area (Å²) >= 11 is 0. The predicted molar refractivity (Wildman–Crippen MR) is 78.9 cm³/mol. The van der Waals surface area contributed by atoms with Crippen molar-refractivity contribution in [3.63, 3.8) is 0 Å². The van der Waals surface area contributed by atoms with Gasteiger partial charge in [-0.3, -0.25) is 0 Å². The van der Waals surface area contributed by atoms with Crippen molar-refractivity contribution in [2.75, 3.05) is 16.8 Å². The van der Waals surface area contributed by atoms with Gasteiger partial charge in [-0.05, 0) is 24.3 Å². The van der Waals surface area contributed by atoms with Gasteiger partial charge in [-0.2, -0.15) is 0 Å². The number of esters is 1. The zero-order valence-electron chi connectivity index (χ0n) is 11.1. The Morgan fingerprint density at radius 1 is 1.00 bits per heavy atom. The molecule has 0 saturated carbocycles. The van der Waals surface area contributed by atoms with Crippen LogP contribution in [0.25, 0.3) is 0 Å². The molecule has 0 unspecified atom stereocenters. The number of para-hydroxylation sites is 3. The maximum atomic E-state index is 11.4. The fraction of sp³-hybridized carbons (Fsp3) is 0.0625. The number of rotatable bonds is 1. The fourth-order valence-corrected chi connectivity index (χ4v) is 2.51. The molecule has 2 heterocycles. The maximum absolute atomic E-state index is 11.4. The van der Waals surface area contributed by atoms with Gasteiger partial charge in [0.1, 0.15) is 18.5 Å². The first-order valence-electron chi connectivity index (χ1n) is 6.62. The lowest BCUT2D eigenvalue weighted by Gasteiger charge is -2.29. The first-order valence-corrected chi connectivity index (χ1v) is 6.62. The van der Waals surface area contributed by atoms with Crippen LogP contribution in [-0.2, 0) is 4.79 Å². The Morgan fingerprint density at radius 3 is 2.76 bits per heavy atom. The Morgan fingerprint density at radius 2 is 1.81 bits per heavy atom. The van der Waals surface area contributed by atoms with Crippen LogP contribution in [0.4, 0.5) is 17.1 Å². The summed E-state index contributed by atoms with van der Waals surface area (Å²) in [7, 11) is 0. The average molecular weight is 280 g/mol. The van der Waals surface area contributed by atoms with Crippen molar-refractivity contribution >= 4 is 23.0 Å². The van der Waals surface area contributed by atoms with E-state index in [1.807, 2.05) is 47.5 Å². The zero-order valence-corrected chi connectivity index (χ0v) is 11.1. The molecule has 0 spiro atoms. The van der Waals surface area contributed by atoms with E-state index in [0.29, 0.717) is 5.75 Å². The van der Waals surface area contributed by atoms with Crippen molar-refractivity contribution in [1.29, 1.82) is 0 Å². The molecule has 4 rings (SSSR count). The number of fused-ring (bicyclic) bond motifs is 2. The molecule has 104 valence electrons. The molecule has 21 heavy (non-hydrogen) atoms. The van der Waals surface area contributed by atoms with Gasteiger partial charge in [-0.25, -0.2) is 4.79 Å². The van der Waals surface area contributed by atoms with Crippen molar-refractivity contribution in [2.45, 2.75) is 0 Å². The number of ether oxygens (including phenoxy) is 2. The lowest BCUT2D eigenvalue weighted by molar-refractivity contribution is -0.132. The third kappa shape index (κ3) is 1.90. The maximum Gasteiger partial charge on any atom is 0.330 e. The SMILES string of the molecule is O=C1CNc2c(cccc2N2C=COc3ccccc32)O1. The average Bonchev–Trinajstić information content (AvgIpc) is 2.53. The second-order valence-electron chi connectivity index (χ2n) is 4.72. The van der Waals surface area contributed by atoms with Gasteiger partial charge >= 0.3 is 5.97 Å². The highest BCUT2D eigenvalue weighted by Crippen LogP contribution is 2.43. The molecule has 0 radical (unpaired) electrons. The molecule has 1 N–H and O–H groups in total. The Labute approximate surface area is 121 Å². The minimum Gasteiger partial charge on any atom is -0.461 e. The van der Waals surface area contributed by atoms with Crippen LogP contribution in [0.3, 0.4) is 0 Å². The Hall–Kier alpha value is -2.95. The molecule has 2 aliphatic heterocycles. The number of hydrogen-bond donors (Lipinski definition) is 1. The van der Waals surface area contributed by atoms with E-state index < -0.39 is 0 Å². The highest BCUT2D eigenvalue weighted by Gasteiger charge is 2.24. The van der Waals surface area contributed by atoms with Crippen LogP contribution in [0, 0.1) is 0 Å². The van der Waals surface area contributed by atoms with E-state index in [-0.39, 0.29) is 12.5 Å². The molecule has 2 aliphatic rings. The molecule has 0 bridgehead atoms. The van der Waals surface area contributed by atoms with Gasteiger partial charge in [-0.15, -0.1) is 0 Å². The minimum atomic E-state index is -0.280.